The van der Waals surface area contributed by atoms with Gasteiger partial charge in [0.05, 0.1) is 4.88 Å². The van der Waals surface area contributed by atoms with Gasteiger partial charge in [0, 0.05) is 29.5 Å². The Hall–Kier alpha value is -1.46. The molecule has 23 heavy (non-hydrogen) atoms. The quantitative estimate of drug-likeness (QED) is 0.502. The van der Waals surface area contributed by atoms with E-state index in [2.05, 4.69) is 21.4 Å². The van der Waals surface area contributed by atoms with Crippen molar-refractivity contribution in [3.05, 3.63) is 69.5 Å². The van der Waals surface area contributed by atoms with Gasteiger partial charge < -0.3 is 5.32 Å². The van der Waals surface area contributed by atoms with Crippen LogP contribution < -0.4 is 5.32 Å². The number of thiazole rings is 1. The van der Waals surface area contributed by atoms with Gasteiger partial charge >= 0.3 is 0 Å². The van der Waals surface area contributed by atoms with E-state index in [1.807, 2.05) is 36.5 Å². The molecular formula is C17H15Cl2N3S. The van der Waals surface area contributed by atoms with Crippen LogP contribution >= 0.6 is 34.5 Å². The van der Waals surface area contributed by atoms with Crippen molar-refractivity contribution < 1.29 is 0 Å². The molecule has 0 aliphatic rings. The summed E-state index contributed by atoms with van der Waals surface area (Å²) >= 11 is 13.7. The molecular weight excluding hydrogens is 349 g/mol. The number of hydrogen-bond donors (Lipinski definition) is 1. The van der Waals surface area contributed by atoms with Crippen molar-refractivity contribution in [3.63, 3.8) is 0 Å². The van der Waals surface area contributed by atoms with Gasteiger partial charge in [-0.05, 0) is 42.8 Å². The lowest BCUT2D eigenvalue weighted by atomic mass is 10.1. The molecule has 2 aromatic heterocycles. The zero-order valence-corrected chi connectivity index (χ0v) is 14.6. The van der Waals surface area contributed by atoms with Crippen LogP contribution in [0.5, 0.6) is 0 Å². The van der Waals surface area contributed by atoms with Gasteiger partial charge in [-0.25, -0.2) is 9.97 Å². The Balaban J connectivity index is 1.53. The fourth-order valence-corrected chi connectivity index (χ4v) is 3.61. The largest absolute Gasteiger partial charge is 0.310 e. The highest BCUT2D eigenvalue weighted by atomic mass is 35.5. The highest BCUT2D eigenvalue weighted by Gasteiger charge is 2.08. The first-order valence-corrected chi connectivity index (χ1v) is 8.80. The maximum Gasteiger partial charge on any atom is 0.137 e. The van der Waals surface area contributed by atoms with Gasteiger partial charge in [0.2, 0.25) is 0 Å². The zero-order valence-electron chi connectivity index (χ0n) is 12.3. The van der Waals surface area contributed by atoms with Gasteiger partial charge in [-0.3, -0.25) is 0 Å². The van der Waals surface area contributed by atoms with Crippen molar-refractivity contribution in [2.24, 2.45) is 0 Å². The Kier molecular flexibility index (Phi) is 5.62. The van der Waals surface area contributed by atoms with Crippen molar-refractivity contribution >= 4 is 34.5 Å². The molecule has 0 saturated heterocycles. The summed E-state index contributed by atoms with van der Waals surface area (Å²) < 4.78 is 0. The fourth-order valence-electron chi connectivity index (χ4n) is 2.21. The molecule has 0 aliphatic carbocycles. The van der Waals surface area contributed by atoms with E-state index in [4.69, 9.17) is 23.2 Å². The predicted octanol–water partition coefficient (Wildman–Crippen LogP) is 4.84. The summed E-state index contributed by atoms with van der Waals surface area (Å²) in [5.41, 5.74) is 2.16. The van der Waals surface area contributed by atoms with E-state index in [9.17, 15) is 0 Å². The van der Waals surface area contributed by atoms with Crippen LogP contribution in [-0.4, -0.2) is 16.5 Å². The molecule has 118 valence electrons. The van der Waals surface area contributed by atoms with Crippen LogP contribution in [0.3, 0.4) is 0 Å². The third kappa shape index (κ3) is 4.52. The van der Waals surface area contributed by atoms with Crippen molar-refractivity contribution in [3.8, 4) is 10.4 Å². The average Bonchev–Trinajstić information content (AvgIpc) is 3.01. The summed E-state index contributed by atoms with van der Waals surface area (Å²) in [6, 6.07) is 11.8. The molecule has 0 aliphatic heterocycles. The van der Waals surface area contributed by atoms with Crippen LogP contribution in [0.15, 0.2) is 48.8 Å². The van der Waals surface area contributed by atoms with Gasteiger partial charge in [0.15, 0.2) is 0 Å². The van der Waals surface area contributed by atoms with Gasteiger partial charge in [-0.1, -0.05) is 35.3 Å². The van der Waals surface area contributed by atoms with Gasteiger partial charge in [-0.2, -0.15) is 0 Å². The van der Waals surface area contributed by atoms with Gasteiger partial charge in [0.1, 0.15) is 10.2 Å². The highest BCUT2D eigenvalue weighted by molar-refractivity contribution is 7.15. The number of aromatic nitrogens is 2. The molecule has 3 rings (SSSR count). The standard InChI is InChI=1S/C17H15Cl2N3S/c18-13-4-1-3-12(9-13)6-8-20-11-16-22-10-15(23-16)14-5-2-7-21-17(14)19/h1-5,7,9-10,20H,6,8,11H2. The second kappa shape index (κ2) is 7.88. The maximum atomic E-state index is 6.12. The first-order valence-electron chi connectivity index (χ1n) is 7.23. The first kappa shape index (κ1) is 16.4. The first-order chi connectivity index (χ1) is 11.2. The molecule has 0 radical (unpaired) electrons. The molecule has 0 bridgehead atoms. The van der Waals surface area contributed by atoms with E-state index < -0.39 is 0 Å². The molecule has 2 heterocycles. The molecule has 0 atom stereocenters. The Morgan fingerprint density at radius 2 is 2.00 bits per heavy atom. The van der Waals surface area contributed by atoms with Gasteiger partial charge in [0.25, 0.3) is 0 Å². The lowest BCUT2D eigenvalue weighted by Gasteiger charge is -2.03. The molecule has 6 heteroatoms. The number of halogens is 2. The number of nitrogens with one attached hydrogen (secondary N) is 1. The summed E-state index contributed by atoms with van der Waals surface area (Å²) in [6.07, 6.45) is 4.47. The molecule has 3 nitrogen and oxygen atoms in total. The van der Waals surface area contributed by atoms with Crippen LogP contribution in [0, 0.1) is 0 Å². The summed E-state index contributed by atoms with van der Waals surface area (Å²) in [6.45, 7) is 1.62. The van der Waals surface area contributed by atoms with E-state index >= 15 is 0 Å². The van der Waals surface area contributed by atoms with Crippen LogP contribution in [0.25, 0.3) is 10.4 Å². The molecule has 0 fully saturated rings. The summed E-state index contributed by atoms with van der Waals surface area (Å²) in [5.74, 6) is 0. The lowest BCUT2D eigenvalue weighted by Crippen LogP contribution is -2.16. The molecule has 3 aromatic rings. The number of pyridine rings is 1. The maximum absolute atomic E-state index is 6.12. The minimum Gasteiger partial charge on any atom is -0.310 e. The molecule has 0 saturated carbocycles. The molecule has 1 N–H and O–H groups in total. The fraction of sp³-hybridized carbons (Fsp3) is 0.176. The van der Waals surface area contributed by atoms with E-state index in [1.165, 1.54) is 5.56 Å². The SMILES string of the molecule is Clc1cccc(CCNCc2ncc(-c3cccnc3Cl)s2)c1. The van der Waals surface area contributed by atoms with Crippen molar-refractivity contribution in [2.75, 3.05) is 6.54 Å². The monoisotopic (exact) mass is 363 g/mol. The molecule has 0 amide bonds. The van der Waals surface area contributed by atoms with Crippen LogP contribution in [-0.2, 0) is 13.0 Å². The molecule has 0 spiro atoms. The summed E-state index contributed by atoms with van der Waals surface area (Å²) in [7, 11) is 0. The van der Waals surface area contributed by atoms with E-state index in [1.54, 1.807) is 17.5 Å². The number of nitrogens with zero attached hydrogens (tertiary/aromatic N) is 2. The smallest absolute Gasteiger partial charge is 0.137 e. The molecule has 1 aromatic carbocycles. The van der Waals surface area contributed by atoms with Crippen molar-refractivity contribution in [2.45, 2.75) is 13.0 Å². The number of benzene rings is 1. The number of hydrogen-bond acceptors (Lipinski definition) is 4. The van der Waals surface area contributed by atoms with E-state index in [0.717, 1.165) is 40.0 Å². The van der Waals surface area contributed by atoms with Crippen LogP contribution in [0.2, 0.25) is 10.2 Å². The zero-order chi connectivity index (χ0) is 16.1. The Bertz CT molecular complexity index is 789. The van der Waals surface area contributed by atoms with E-state index in [-0.39, 0.29) is 0 Å². The highest BCUT2D eigenvalue weighted by Crippen LogP contribution is 2.30. The lowest BCUT2D eigenvalue weighted by molar-refractivity contribution is 0.684. The Labute approximate surface area is 149 Å². The van der Waals surface area contributed by atoms with Crippen LogP contribution in [0.1, 0.15) is 10.6 Å². The minimum absolute atomic E-state index is 0.511. The number of rotatable bonds is 6. The molecule has 0 unspecified atom stereocenters. The average molecular weight is 364 g/mol. The minimum atomic E-state index is 0.511. The second-order valence-corrected chi connectivity index (χ2v) is 6.93. The normalized spacial score (nSPS) is 10.9. The summed E-state index contributed by atoms with van der Waals surface area (Å²) in [5, 5.41) is 5.73. The second-order valence-electron chi connectivity index (χ2n) is 5.02. The van der Waals surface area contributed by atoms with Crippen molar-refractivity contribution in [1.82, 2.24) is 15.3 Å². The van der Waals surface area contributed by atoms with Gasteiger partial charge in [-0.15, -0.1) is 11.3 Å². The summed E-state index contributed by atoms with van der Waals surface area (Å²) in [4.78, 5) is 9.58. The third-order valence-electron chi connectivity index (χ3n) is 3.33. The Morgan fingerprint density at radius 3 is 2.83 bits per heavy atom. The van der Waals surface area contributed by atoms with E-state index in [0.29, 0.717) is 5.15 Å². The van der Waals surface area contributed by atoms with Crippen LogP contribution in [0.4, 0.5) is 0 Å². The third-order valence-corrected chi connectivity index (χ3v) is 4.90. The van der Waals surface area contributed by atoms with Crippen molar-refractivity contribution in [1.29, 1.82) is 0 Å². The Morgan fingerprint density at radius 1 is 1.09 bits per heavy atom. The topological polar surface area (TPSA) is 37.8 Å². The predicted molar refractivity (Wildman–Crippen MR) is 97.2 cm³/mol.